The van der Waals surface area contributed by atoms with Gasteiger partial charge in [0.1, 0.15) is 16.8 Å². The van der Waals surface area contributed by atoms with E-state index in [0.29, 0.717) is 11.0 Å². The second-order valence-corrected chi connectivity index (χ2v) is 5.25. The Kier molecular flexibility index (Phi) is 3.05. The van der Waals surface area contributed by atoms with Crippen LogP contribution in [0.5, 0.6) is 0 Å². The average molecular weight is 327 g/mol. The average Bonchev–Trinajstić information content (AvgIpc) is 2.95. The molecule has 0 amide bonds. The van der Waals surface area contributed by atoms with Crippen molar-refractivity contribution in [2.45, 2.75) is 32.4 Å². The molecule has 0 aliphatic carbocycles. The number of nitrogens with zero attached hydrogens (tertiary/aromatic N) is 6. The third-order valence-electron chi connectivity index (χ3n) is 3.11. The lowest BCUT2D eigenvalue weighted by molar-refractivity contribution is -0.390. The molecule has 0 bridgehead atoms. The van der Waals surface area contributed by atoms with Crippen molar-refractivity contribution in [3.8, 4) is 0 Å². The monoisotopic (exact) mass is 326 g/mol. The molecule has 0 spiro atoms. The Labute approximate surface area is 116 Å². The molecule has 3 rings (SSSR count). The van der Waals surface area contributed by atoms with E-state index >= 15 is 0 Å². The molecule has 3 heterocycles. The summed E-state index contributed by atoms with van der Waals surface area (Å²) in [6.45, 7) is 1.29. The maximum atomic E-state index is 10.7. The van der Waals surface area contributed by atoms with Gasteiger partial charge in [0.05, 0.1) is 11.3 Å². The lowest BCUT2D eigenvalue weighted by Gasteiger charge is -2.13. The number of nitro groups is 1. The molecule has 2 aromatic heterocycles. The first kappa shape index (κ1) is 12.3. The summed E-state index contributed by atoms with van der Waals surface area (Å²) in [5.74, 6) is 1.60. The van der Waals surface area contributed by atoms with E-state index in [9.17, 15) is 10.1 Å². The van der Waals surface area contributed by atoms with E-state index in [1.165, 1.54) is 4.68 Å². The van der Waals surface area contributed by atoms with Crippen LogP contribution in [-0.4, -0.2) is 29.5 Å². The summed E-state index contributed by atoms with van der Waals surface area (Å²) in [6.07, 6.45) is 4.77. The van der Waals surface area contributed by atoms with Crippen molar-refractivity contribution in [3.63, 3.8) is 0 Å². The van der Waals surface area contributed by atoms with Gasteiger partial charge >= 0.3 is 5.82 Å². The molecule has 0 fully saturated rings. The smallest absolute Gasteiger partial charge is 0.358 e. The van der Waals surface area contributed by atoms with Gasteiger partial charge < -0.3 is 14.7 Å². The number of rotatable bonds is 3. The molecule has 100 valence electrons. The van der Waals surface area contributed by atoms with Crippen LogP contribution >= 0.6 is 15.9 Å². The van der Waals surface area contributed by atoms with E-state index in [2.05, 4.69) is 35.8 Å². The molecule has 1 aliphatic heterocycles. The lowest BCUT2D eigenvalue weighted by atomic mass is 10.2. The minimum atomic E-state index is -0.514. The number of halogens is 1. The largest absolute Gasteiger partial charge is 0.404 e. The maximum Gasteiger partial charge on any atom is 0.404 e. The molecule has 0 atom stereocenters. The van der Waals surface area contributed by atoms with Crippen LogP contribution in [0.2, 0.25) is 0 Å². The highest BCUT2D eigenvalue weighted by Gasteiger charge is 2.21. The van der Waals surface area contributed by atoms with Crippen molar-refractivity contribution in [1.29, 1.82) is 0 Å². The topological polar surface area (TPSA) is 91.7 Å². The zero-order valence-electron chi connectivity index (χ0n) is 9.99. The van der Waals surface area contributed by atoms with Crippen molar-refractivity contribution in [3.05, 3.63) is 32.4 Å². The second kappa shape index (κ2) is 4.72. The maximum absolute atomic E-state index is 10.7. The van der Waals surface area contributed by atoms with Crippen LogP contribution in [0.1, 0.15) is 24.5 Å². The lowest BCUT2D eigenvalue weighted by Crippen LogP contribution is -2.15. The van der Waals surface area contributed by atoms with Crippen LogP contribution in [0.3, 0.4) is 0 Å². The predicted octanol–water partition coefficient (Wildman–Crippen LogP) is 1.53. The van der Waals surface area contributed by atoms with Gasteiger partial charge in [-0.1, -0.05) is 0 Å². The molecule has 8 nitrogen and oxygen atoms in total. The van der Waals surface area contributed by atoms with Crippen molar-refractivity contribution in [1.82, 2.24) is 24.5 Å². The van der Waals surface area contributed by atoms with Crippen molar-refractivity contribution >= 4 is 21.7 Å². The molecule has 0 aromatic carbocycles. The van der Waals surface area contributed by atoms with Crippen LogP contribution < -0.4 is 0 Å². The highest BCUT2D eigenvalue weighted by atomic mass is 79.9. The molecular weight excluding hydrogens is 316 g/mol. The van der Waals surface area contributed by atoms with Crippen LogP contribution in [0.15, 0.2) is 10.7 Å². The highest BCUT2D eigenvalue weighted by Crippen LogP contribution is 2.23. The van der Waals surface area contributed by atoms with Gasteiger partial charge in [0.2, 0.25) is 0 Å². The van der Waals surface area contributed by atoms with E-state index in [4.69, 9.17) is 0 Å². The second-order valence-electron chi connectivity index (χ2n) is 4.40. The van der Waals surface area contributed by atoms with E-state index < -0.39 is 4.92 Å². The van der Waals surface area contributed by atoms with E-state index in [-0.39, 0.29) is 5.82 Å². The number of hydrogen-bond acceptors (Lipinski definition) is 5. The highest BCUT2D eigenvalue weighted by molar-refractivity contribution is 9.10. The van der Waals surface area contributed by atoms with Gasteiger partial charge in [-0.25, -0.2) is 0 Å². The zero-order chi connectivity index (χ0) is 13.4. The van der Waals surface area contributed by atoms with Gasteiger partial charge in [0, 0.05) is 13.0 Å². The number of hydrogen-bond donors (Lipinski definition) is 0. The van der Waals surface area contributed by atoms with Crippen molar-refractivity contribution in [2.24, 2.45) is 0 Å². The summed E-state index contributed by atoms with van der Waals surface area (Å²) in [5, 5.41) is 22.9. The van der Waals surface area contributed by atoms with Crippen LogP contribution in [0.4, 0.5) is 5.82 Å². The van der Waals surface area contributed by atoms with Crippen LogP contribution in [0.25, 0.3) is 0 Å². The normalized spacial score (nSPS) is 14.4. The van der Waals surface area contributed by atoms with Gasteiger partial charge in [-0.15, -0.1) is 10.2 Å². The summed E-state index contributed by atoms with van der Waals surface area (Å²) in [7, 11) is 0. The van der Waals surface area contributed by atoms with Crippen molar-refractivity contribution < 1.29 is 4.92 Å². The molecule has 19 heavy (non-hydrogen) atoms. The summed E-state index contributed by atoms with van der Waals surface area (Å²) in [5.41, 5.74) is 0. The Morgan fingerprint density at radius 3 is 3.00 bits per heavy atom. The fourth-order valence-corrected chi connectivity index (χ4v) is 2.68. The van der Waals surface area contributed by atoms with Gasteiger partial charge in [-0.05, 0) is 33.7 Å². The van der Waals surface area contributed by atoms with Gasteiger partial charge in [-0.3, -0.25) is 0 Å². The standard InChI is InChI=1S/C10H11BrN6O2/c11-7-5-15(14-10(7)17(18)19)6-9-13-12-8-3-1-2-4-16(8)9/h5H,1-4,6H2. The SMILES string of the molecule is O=[N+]([O-])c1nn(Cc2nnc3n2CCCC3)cc1Br. The number of fused-ring (bicyclic) bond motifs is 1. The van der Waals surface area contributed by atoms with Crippen LogP contribution in [0, 0.1) is 10.1 Å². The Bertz CT molecular complexity index is 634. The summed E-state index contributed by atoms with van der Waals surface area (Å²) in [6, 6.07) is 0. The van der Waals surface area contributed by atoms with E-state index in [0.717, 1.165) is 37.5 Å². The third-order valence-corrected chi connectivity index (χ3v) is 3.67. The molecule has 0 N–H and O–H groups in total. The first-order chi connectivity index (χ1) is 9.15. The van der Waals surface area contributed by atoms with Gasteiger partial charge in [-0.2, -0.15) is 4.68 Å². The minimum Gasteiger partial charge on any atom is -0.358 e. The zero-order valence-corrected chi connectivity index (χ0v) is 11.6. The Hall–Kier alpha value is -1.77. The molecule has 0 unspecified atom stereocenters. The van der Waals surface area contributed by atoms with E-state index in [1.54, 1.807) is 6.20 Å². The third kappa shape index (κ3) is 2.25. The summed E-state index contributed by atoms with van der Waals surface area (Å²) in [4.78, 5) is 10.2. The molecular formula is C10H11BrN6O2. The molecule has 0 radical (unpaired) electrons. The van der Waals surface area contributed by atoms with Gasteiger partial charge in [0.25, 0.3) is 0 Å². The first-order valence-electron chi connectivity index (χ1n) is 5.93. The van der Waals surface area contributed by atoms with E-state index in [1.807, 2.05) is 0 Å². The van der Waals surface area contributed by atoms with Crippen molar-refractivity contribution in [2.75, 3.05) is 0 Å². The molecule has 9 heteroatoms. The summed E-state index contributed by atoms with van der Waals surface area (Å²) >= 11 is 3.13. The Morgan fingerprint density at radius 2 is 2.26 bits per heavy atom. The Balaban J connectivity index is 1.87. The number of aryl methyl sites for hydroxylation is 1. The fraction of sp³-hybridized carbons (Fsp3) is 0.500. The minimum absolute atomic E-state index is 0.182. The Morgan fingerprint density at radius 1 is 1.42 bits per heavy atom. The predicted molar refractivity (Wildman–Crippen MR) is 68.6 cm³/mol. The molecule has 1 aliphatic rings. The van der Waals surface area contributed by atoms with Crippen LogP contribution in [-0.2, 0) is 19.5 Å². The quantitative estimate of drug-likeness (QED) is 0.630. The molecule has 0 saturated heterocycles. The first-order valence-corrected chi connectivity index (χ1v) is 6.73. The van der Waals surface area contributed by atoms with Gasteiger partial charge in [0.15, 0.2) is 5.82 Å². The molecule has 0 saturated carbocycles. The summed E-state index contributed by atoms with van der Waals surface area (Å²) < 4.78 is 3.95. The fourth-order valence-electron chi connectivity index (χ4n) is 2.22. The molecule has 2 aromatic rings. The number of aromatic nitrogens is 5.